The highest BCUT2D eigenvalue weighted by Crippen LogP contribution is 2.30. The van der Waals surface area contributed by atoms with Crippen molar-refractivity contribution in [1.82, 2.24) is 4.90 Å². The second-order valence-electron chi connectivity index (χ2n) is 4.60. The molecule has 1 aromatic rings. The largest absolute Gasteiger partial charge is 0.508 e. The molecule has 0 heterocycles. The lowest BCUT2D eigenvalue weighted by atomic mass is 10.1. The number of amides is 1. The molecule has 4 nitrogen and oxygen atoms in total. The summed E-state index contributed by atoms with van der Waals surface area (Å²) in [5, 5.41) is 9.43. The molecule has 0 unspecified atom stereocenters. The Balaban J connectivity index is 2.20. The Bertz CT molecular complexity index is 501. The van der Waals surface area contributed by atoms with Gasteiger partial charge in [-0.25, -0.2) is 0 Å². The van der Waals surface area contributed by atoms with E-state index in [1.165, 1.54) is 18.2 Å². The fourth-order valence-electron chi connectivity index (χ4n) is 1.84. The highest BCUT2D eigenvalue weighted by atomic mass is 16.3. The number of carbonyl (C=O) groups is 1. The van der Waals surface area contributed by atoms with Gasteiger partial charge in [-0.05, 0) is 37.0 Å². The Labute approximate surface area is 106 Å². The summed E-state index contributed by atoms with van der Waals surface area (Å²) in [6.45, 7) is 0.933. The summed E-state index contributed by atoms with van der Waals surface area (Å²) in [7, 11) is 0. The Kier molecular flexibility index (Phi) is 3.42. The van der Waals surface area contributed by atoms with Crippen molar-refractivity contribution in [1.29, 1.82) is 0 Å². The Morgan fingerprint density at radius 2 is 2.28 bits per heavy atom. The molecule has 1 aromatic carbocycles. The lowest BCUT2D eigenvalue weighted by Gasteiger charge is -2.21. The number of nitrogen functional groups attached to an aromatic ring is 1. The van der Waals surface area contributed by atoms with Gasteiger partial charge in [0, 0.05) is 12.2 Å². The van der Waals surface area contributed by atoms with Crippen LogP contribution in [0.3, 0.4) is 0 Å². The van der Waals surface area contributed by atoms with Gasteiger partial charge in [0.05, 0.1) is 12.1 Å². The maximum absolute atomic E-state index is 12.3. The van der Waals surface area contributed by atoms with Crippen LogP contribution < -0.4 is 5.73 Å². The van der Waals surface area contributed by atoms with Crippen LogP contribution in [0.25, 0.3) is 0 Å². The zero-order valence-corrected chi connectivity index (χ0v) is 10.1. The number of anilines is 1. The van der Waals surface area contributed by atoms with Gasteiger partial charge in [-0.3, -0.25) is 4.79 Å². The molecule has 0 aromatic heterocycles. The van der Waals surface area contributed by atoms with E-state index in [-0.39, 0.29) is 18.2 Å². The molecule has 0 radical (unpaired) electrons. The average Bonchev–Trinajstić information content (AvgIpc) is 3.15. The summed E-state index contributed by atoms with van der Waals surface area (Å²) < 4.78 is 0. The quantitative estimate of drug-likeness (QED) is 0.478. The summed E-state index contributed by atoms with van der Waals surface area (Å²) in [4.78, 5) is 13.9. The molecule has 0 spiro atoms. The minimum Gasteiger partial charge on any atom is -0.508 e. The van der Waals surface area contributed by atoms with Crippen molar-refractivity contribution in [3.8, 4) is 18.1 Å². The molecule has 94 valence electrons. The lowest BCUT2D eigenvalue weighted by Crippen LogP contribution is -2.33. The van der Waals surface area contributed by atoms with Crippen LogP contribution in [0.5, 0.6) is 5.75 Å². The van der Waals surface area contributed by atoms with Crippen molar-refractivity contribution >= 4 is 11.6 Å². The van der Waals surface area contributed by atoms with Crippen molar-refractivity contribution in [3.05, 3.63) is 23.8 Å². The summed E-state index contributed by atoms with van der Waals surface area (Å²) in [5.74, 6) is 2.86. The zero-order valence-electron chi connectivity index (χ0n) is 10.1. The van der Waals surface area contributed by atoms with E-state index < -0.39 is 0 Å². The van der Waals surface area contributed by atoms with Gasteiger partial charge in [0.15, 0.2) is 0 Å². The third-order valence-electron chi connectivity index (χ3n) is 3.01. The van der Waals surface area contributed by atoms with Crippen molar-refractivity contribution in [2.24, 2.45) is 5.92 Å². The summed E-state index contributed by atoms with van der Waals surface area (Å²) in [6, 6.07) is 4.36. The van der Waals surface area contributed by atoms with Crippen LogP contribution in [-0.2, 0) is 0 Å². The van der Waals surface area contributed by atoms with Crippen LogP contribution in [0, 0.1) is 18.3 Å². The topological polar surface area (TPSA) is 66.6 Å². The Morgan fingerprint density at radius 1 is 1.56 bits per heavy atom. The van der Waals surface area contributed by atoms with E-state index in [0.29, 0.717) is 23.7 Å². The molecular weight excluding hydrogens is 228 g/mol. The molecule has 0 aliphatic heterocycles. The third-order valence-corrected chi connectivity index (χ3v) is 3.01. The number of terminal acetylenes is 1. The summed E-state index contributed by atoms with van der Waals surface area (Å²) >= 11 is 0. The summed E-state index contributed by atoms with van der Waals surface area (Å²) in [6.07, 6.45) is 7.57. The van der Waals surface area contributed by atoms with Crippen molar-refractivity contribution in [3.63, 3.8) is 0 Å². The molecular formula is C14H16N2O2. The highest BCUT2D eigenvalue weighted by Gasteiger charge is 2.27. The van der Waals surface area contributed by atoms with Crippen LogP contribution in [0.15, 0.2) is 18.2 Å². The van der Waals surface area contributed by atoms with E-state index in [9.17, 15) is 9.90 Å². The average molecular weight is 244 g/mol. The number of aromatic hydroxyl groups is 1. The second-order valence-corrected chi connectivity index (χ2v) is 4.60. The number of hydrogen-bond donors (Lipinski definition) is 2. The maximum Gasteiger partial charge on any atom is 0.256 e. The monoisotopic (exact) mass is 244 g/mol. The standard InChI is InChI=1S/C14H16N2O2/c1-2-7-16(9-10-3-4-10)14(18)12-8-11(17)5-6-13(12)15/h1,5-6,8,10,17H,3-4,7,9,15H2. The smallest absolute Gasteiger partial charge is 0.256 e. The maximum atomic E-state index is 12.3. The number of phenolic OH excluding ortho intramolecular Hbond substituents is 1. The molecule has 0 saturated heterocycles. The van der Waals surface area contributed by atoms with Crippen molar-refractivity contribution in [2.75, 3.05) is 18.8 Å². The zero-order chi connectivity index (χ0) is 13.1. The number of phenols is 1. The molecule has 1 aliphatic carbocycles. The molecule has 0 bridgehead atoms. The first-order valence-corrected chi connectivity index (χ1v) is 5.93. The molecule has 0 atom stereocenters. The van der Waals surface area contributed by atoms with Gasteiger partial charge < -0.3 is 15.7 Å². The number of nitrogens with zero attached hydrogens (tertiary/aromatic N) is 1. The van der Waals surface area contributed by atoms with Gasteiger partial charge in [-0.1, -0.05) is 5.92 Å². The first kappa shape index (κ1) is 12.3. The predicted molar refractivity (Wildman–Crippen MR) is 70.0 cm³/mol. The van der Waals surface area contributed by atoms with Crippen LogP contribution in [0.4, 0.5) is 5.69 Å². The van der Waals surface area contributed by atoms with E-state index in [4.69, 9.17) is 12.2 Å². The molecule has 18 heavy (non-hydrogen) atoms. The van der Waals surface area contributed by atoms with Gasteiger partial charge in [0.2, 0.25) is 0 Å². The van der Waals surface area contributed by atoms with Crippen LogP contribution in [0.2, 0.25) is 0 Å². The first-order chi connectivity index (χ1) is 8.61. The van der Waals surface area contributed by atoms with Crippen LogP contribution >= 0.6 is 0 Å². The minimum atomic E-state index is -0.215. The fraction of sp³-hybridized carbons (Fsp3) is 0.357. The molecule has 1 aliphatic rings. The van der Waals surface area contributed by atoms with E-state index >= 15 is 0 Å². The van der Waals surface area contributed by atoms with Crippen molar-refractivity contribution < 1.29 is 9.90 Å². The lowest BCUT2D eigenvalue weighted by molar-refractivity contribution is 0.0770. The van der Waals surface area contributed by atoms with Crippen LogP contribution in [-0.4, -0.2) is 29.0 Å². The van der Waals surface area contributed by atoms with Gasteiger partial charge in [-0.2, -0.15) is 0 Å². The minimum absolute atomic E-state index is 0.0274. The van der Waals surface area contributed by atoms with Gasteiger partial charge in [-0.15, -0.1) is 6.42 Å². The first-order valence-electron chi connectivity index (χ1n) is 5.93. The molecule has 2 rings (SSSR count). The van der Waals surface area contributed by atoms with E-state index in [2.05, 4.69) is 5.92 Å². The van der Waals surface area contributed by atoms with Gasteiger partial charge in [0.25, 0.3) is 5.91 Å². The molecule has 3 N–H and O–H groups in total. The number of benzene rings is 1. The Hall–Kier alpha value is -2.15. The highest BCUT2D eigenvalue weighted by molar-refractivity contribution is 5.99. The number of carbonyl (C=O) groups excluding carboxylic acids is 1. The molecule has 1 amide bonds. The second kappa shape index (κ2) is 5.01. The third kappa shape index (κ3) is 2.75. The fourth-order valence-corrected chi connectivity index (χ4v) is 1.84. The van der Waals surface area contributed by atoms with Gasteiger partial charge in [0.1, 0.15) is 5.75 Å². The number of nitrogens with two attached hydrogens (primary N) is 1. The molecule has 1 saturated carbocycles. The van der Waals surface area contributed by atoms with E-state index in [1.807, 2.05) is 0 Å². The van der Waals surface area contributed by atoms with Gasteiger partial charge >= 0.3 is 0 Å². The SMILES string of the molecule is C#CCN(CC1CC1)C(=O)c1cc(O)ccc1N. The normalized spacial score (nSPS) is 13.9. The van der Waals surface area contributed by atoms with E-state index in [0.717, 1.165) is 12.8 Å². The molecule has 1 fully saturated rings. The summed E-state index contributed by atoms with van der Waals surface area (Å²) in [5.41, 5.74) is 6.43. The molecule has 4 heteroatoms. The van der Waals surface area contributed by atoms with Crippen LogP contribution in [0.1, 0.15) is 23.2 Å². The number of rotatable bonds is 4. The number of hydrogen-bond acceptors (Lipinski definition) is 3. The Morgan fingerprint density at radius 3 is 2.89 bits per heavy atom. The van der Waals surface area contributed by atoms with E-state index in [1.54, 1.807) is 4.90 Å². The predicted octanol–water partition coefficient (Wildman–Crippen LogP) is 1.46. The van der Waals surface area contributed by atoms with Crippen molar-refractivity contribution in [2.45, 2.75) is 12.8 Å².